The maximum Gasteiger partial charge on any atom is 0.243 e. The molecule has 0 aromatic heterocycles. The lowest BCUT2D eigenvalue weighted by atomic mass is 10.1. The number of hydrazone groups is 1. The monoisotopic (exact) mass is 305 g/mol. The number of anilines is 1. The summed E-state index contributed by atoms with van der Waals surface area (Å²) < 4.78 is 27.2. The first kappa shape index (κ1) is 16.6. The Morgan fingerprint density at radius 1 is 1.19 bits per heavy atom. The molecule has 0 heterocycles. The van der Waals surface area contributed by atoms with Gasteiger partial charge in [0.15, 0.2) is 0 Å². The third-order valence-electron chi connectivity index (χ3n) is 2.12. The van der Waals surface area contributed by atoms with E-state index in [-0.39, 0.29) is 10.6 Å². The fourth-order valence-corrected chi connectivity index (χ4v) is 3.02. The van der Waals surface area contributed by atoms with E-state index >= 15 is 0 Å². The quantitative estimate of drug-likeness (QED) is 0.646. The number of rotatable bonds is 4. The fourth-order valence-electron chi connectivity index (χ4n) is 1.44. The van der Waals surface area contributed by atoms with Crippen molar-refractivity contribution in [1.29, 1.82) is 10.5 Å². The molecule has 0 saturated carbocycles. The van der Waals surface area contributed by atoms with Gasteiger partial charge in [0.05, 0.1) is 5.69 Å². The minimum Gasteiger partial charge on any atom is -0.275 e. The standard InChI is InChI=1S/C13H15N5O2S/c1-13(2,3)18-21(19,20)12-7-5-4-6-11(12)17-16-10(8-14)9-15/h4-7,17-18H,1-3H3. The normalized spacial score (nSPS) is 11.1. The molecule has 1 rings (SSSR count). The largest absolute Gasteiger partial charge is 0.275 e. The summed E-state index contributed by atoms with van der Waals surface area (Å²) in [6.45, 7) is 5.17. The Morgan fingerprint density at radius 3 is 2.29 bits per heavy atom. The Kier molecular flexibility index (Phi) is 5.03. The summed E-state index contributed by atoms with van der Waals surface area (Å²) in [5, 5.41) is 20.8. The van der Waals surface area contributed by atoms with Crippen LogP contribution in [0, 0.1) is 22.7 Å². The van der Waals surface area contributed by atoms with Crippen LogP contribution in [0.3, 0.4) is 0 Å². The lowest BCUT2D eigenvalue weighted by molar-refractivity contribution is 0.491. The van der Waals surface area contributed by atoms with Gasteiger partial charge in [-0.3, -0.25) is 5.43 Å². The van der Waals surface area contributed by atoms with Gasteiger partial charge in [-0.25, -0.2) is 13.1 Å². The van der Waals surface area contributed by atoms with E-state index in [0.717, 1.165) is 0 Å². The van der Waals surface area contributed by atoms with Crippen molar-refractivity contribution in [3.05, 3.63) is 24.3 Å². The Labute approximate surface area is 123 Å². The summed E-state index contributed by atoms with van der Waals surface area (Å²) in [5.41, 5.74) is 1.57. The predicted molar refractivity (Wildman–Crippen MR) is 78.8 cm³/mol. The van der Waals surface area contributed by atoms with E-state index in [0.29, 0.717) is 0 Å². The summed E-state index contributed by atoms with van der Waals surface area (Å²) >= 11 is 0. The van der Waals surface area contributed by atoms with E-state index in [1.54, 1.807) is 45.0 Å². The molecule has 21 heavy (non-hydrogen) atoms. The van der Waals surface area contributed by atoms with Gasteiger partial charge in [0.1, 0.15) is 17.0 Å². The highest BCUT2D eigenvalue weighted by atomic mass is 32.2. The molecule has 2 N–H and O–H groups in total. The molecular formula is C13H15N5O2S. The molecule has 0 radical (unpaired) electrons. The number of nitriles is 2. The highest BCUT2D eigenvalue weighted by molar-refractivity contribution is 7.89. The summed E-state index contributed by atoms with van der Waals surface area (Å²) in [5.74, 6) is 0. The van der Waals surface area contributed by atoms with E-state index in [4.69, 9.17) is 10.5 Å². The maximum atomic E-state index is 12.3. The Bertz CT molecular complexity index is 717. The van der Waals surface area contributed by atoms with Crippen LogP contribution in [0.2, 0.25) is 0 Å². The first-order valence-corrected chi connectivity index (χ1v) is 7.45. The molecule has 0 aliphatic carbocycles. The predicted octanol–water partition coefficient (Wildman–Crippen LogP) is 1.58. The molecule has 0 unspecified atom stereocenters. The van der Waals surface area contributed by atoms with Crippen LogP contribution in [-0.2, 0) is 10.0 Å². The van der Waals surface area contributed by atoms with Crippen molar-refractivity contribution in [3.63, 3.8) is 0 Å². The molecule has 0 atom stereocenters. The van der Waals surface area contributed by atoms with Gasteiger partial charge in [0, 0.05) is 5.54 Å². The first-order chi connectivity index (χ1) is 9.69. The number of sulfonamides is 1. The molecule has 0 aliphatic rings. The third-order valence-corrected chi connectivity index (χ3v) is 3.93. The van der Waals surface area contributed by atoms with E-state index in [1.807, 2.05) is 0 Å². The van der Waals surface area contributed by atoms with Gasteiger partial charge >= 0.3 is 0 Å². The van der Waals surface area contributed by atoms with E-state index < -0.39 is 21.3 Å². The van der Waals surface area contributed by atoms with Gasteiger partial charge in [0.25, 0.3) is 0 Å². The second-order valence-electron chi connectivity index (χ2n) is 5.15. The summed E-state index contributed by atoms with van der Waals surface area (Å²) in [7, 11) is -3.76. The molecule has 110 valence electrons. The van der Waals surface area contributed by atoms with Crippen LogP contribution in [-0.4, -0.2) is 19.7 Å². The zero-order chi connectivity index (χ0) is 16.1. The SMILES string of the molecule is CC(C)(C)NS(=O)(=O)c1ccccc1NN=C(C#N)C#N. The Hall–Kier alpha value is -2.42. The lowest BCUT2D eigenvalue weighted by Crippen LogP contribution is -2.40. The Morgan fingerprint density at radius 2 is 1.76 bits per heavy atom. The molecule has 0 bridgehead atoms. The molecule has 0 aliphatic heterocycles. The van der Waals surface area contributed by atoms with Crippen LogP contribution < -0.4 is 10.1 Å². The number of nitrogens with zero attached hydrogens (tertiary/aromatic N) is 3. The molecule has 0 amide bonds. The lowest BCUT2D eigenvalue weighted by Gasteiger charge is -2.21. The van der Waals surface area contributed by atoms with Gasteiger partial charge in [-0.1, -0.05) is 12.1 Å². The van der Waals surface area contributed by atoms with Crippen LogP contribution in [0.25, 0.3) is 0 Å². The molecule has 7 nitrogen and oxygen atoms in total. The smallest absolute Gasteiger partial charge is 0.243 e. The number of hydrogen-bond acceptors (Lipinski definition) is 6. The Balaban J connectivity index is 3.20. The average molecular weight is 305 g/mol. The second kappa shape index (κ2) is 6.35. The molecule has 1 aromatic carbocycles. The topological polar surface area (TPSA) is 118 Å². The highest BCUT2D eigenvalue weighted by Gasteiger charge is 2.24. The van der Waals surface area contributed by atoms with Crippen molar-refractivity contribution in [1.82, 2.24) is 4.72 Å². The van der Waals surface area contributed by atoms with Crippen molar-refractivity contribution in [2.75, 3.05) is 5.43 Å². The van der Waals surface area contributed by atoms with Gasteiger partial charge in [-0.05, 0) is 32.9 Å². The summed E-state index contributed by atoms with van der Waals surface area (Å²) in [6.07, 6.45) is 0. The van der Waals surface area contributed by atoms with Gasteiger partial charge < -0.3 is 0 Å². The van der Waals surface area contributed by atoms with Crippen LogP contribution in [0.4, 0.5) is 5.69 Å². The fraction of sp³-hybridized carbons (Fsp3) is 0.308. The average Bonchev–Trinajstić information content (AvgIpc) is 2.37. The maximum absolute atomic E-state index is 12.3. The van der Waals surface area contributed by atoms with Crippen molar-refractivity contribution < 1.29 is 8.42 Å². The number of benzene rings is 1. The van der Waals surface area contributed by atoms with Crippen molar-refractivity contribution in [3.8, 4) is 12.1 Å². The van der Waals surface area contributed by atoms with Crippen LogP contribution in [0.1, 0.15) is 20.8 Å². The zero-order valence-corrected chi connectivity index (χ0v) is 12.7. The molecule has 8 heteroatoms. The number of nitrogens with one attached hydrogen (secondary N) is 2. The zero-order valence-electron chi connectivity index (χ0n) is 11.9. The molecule has 1 aromatic rings. The second-order valence-corrected chi connectivity index (χ2v) is 6.80. The number of hydrogen-bond donors (Lipinski definition) is 2. The highest BCUT2D eigenvalue weighted by Crippen LogP contribution is 2.22. The van der Waals surface area contributed by atoms with Crippen molar-refractivity contribution in [2.24, 2.45) is 5.10 Å². The summed E-state index contributed by atoms with van der Waals surface area (Å²) in [6, 6.07) is 9.25. The van der Waals surface area contributed by atoms with Gasteiger partial charge in [0.2, 0.25) is 15.7 Å². The summed E-state index contributed by atoms with van der Waals surface area (Å²) in [4.78, 5) is -0.0149. The third kappa shape index (κ3) is 4.88. The molecule has 0 spiro atoms. The molecule has 0 saturated heterocycles. The molecular weight excluding hydrogens is 290 g/mol. The van der Waals surface area contributed by atoms with E-state index in [2.05, 4.69) is 15.2 Å². The van der Waals surface area contributed by atoms with Gasteiger partial charge in [-0.15, -0.1) is 0 Å². The number of para-hydroxylation sites is 1. The van der Waals surface area contributed by atoms with E-state index in [9.17, 15) is 8.42 Å². The van der Waals surface area contributed by atoms with Crippen molar-refractivity contribution in [2.45, 2.75) is 31.2 Å². The van der Waals surface area contributed by atoms with Gasteiger partial charge in [-0.2, -0.15) is 15.6 Å². The van der Waals surface area contributed by atoms with Crippen LogP contribution in [0.5, 0.6) is 0 Å². The van der Waals surface area contributed by atoms with E-state index in [1.165, 1.54) is 12.1 Å². The molecule has 0 fully saturated rings. The first-order valence-electron chi connectivity index (χ1n) is 5.96. The van der Waals surface area contributed by atoms with Crippen LogP contribution in [0.15, 0.2) is 34.3 Å². The minimum atomic E-state index is -3.76. The van der Waals surface area contributed by atoms with Crippen LogP contribution >= 0.6 is 0 Å². The minimum absolute atomic E-state index is 0.0149. The van der Waals surface area contributed by atoms with Crippen molar-refractivity contribution >= 4 is 21.4 Å².